The molecule has 0 spiro atoms. The molecular formula is C46H80NO8P. The van der Waals surface area contributed by atoms with Crippen molar-refractivity contribution in [2.75, 3.05) is 47.5 Å². The van der Waals surface area contributed by atoms with Crippen LogP contribution in [0.15, 0.2) is 72.9 Å². The molecule has 0 rings (SSSR count). The van der Waals surface area contributed by atoms with Gasteiger partial charge in [-0.1, -0.05) is 132 Å². The summed E-state index contributed by atoms with van der Waals surface area (Å²) in [4.78, 5) is 37.5. The highest BCUT2D eigenvalue weighted by atomic mass is 31.2. The Bertz CT molecular complexity index is 1180. The van der Waals surface area contributed by atoms with Gasteiger partial charge in [0.05, 0.1) is 27.7 Å². The summed E-state index contributed by atoms with van der Waals surface area (Å²) in [7, 11) is 1.11. The molecule has 0 aliphatic rings. The van der Waals surface area contributed by atoms with E-state index in [0.717, 1.165) is 57.8 Å². The standard InChI is InChI=1S/C46H80NO8P/c1-6-8-10-12-14-16-18-20-22-23-25-27-29-31-33-35-37-39-46(49)55-44(43-54-56(50,51)53-41-40-47(3,4)5)42-52-45(48)38-36-34-32-30-28-26-24-21-19-17-15-13-11-9-7-2/h14-17,20-22,24-25,27,31,33,44H,6-13,18-19,23,26,28-30,32,34-43H2,1-5H3/b16-14-,17-15-,22-20-,24-21-,27-25-,33-31-/t44-/m1/s1. The number of allylic oxidation sites excluding steroid dienone is 12. The molecular weight excluding hydrogens is 725 g/mol. The van der Waals surface area contributed by atoms with Crippen LogP contribution in [-0.2, 0) is 32.7 Å². The van der Waals surface area contributed by atoms with E-state index in [1.54, 1.807) is 0 Å². The third-order valence-electron chi connectivity index (χ3n) is 8.70. The lowest BCUT2D eigenvalue weighted by atomic mass is 10.1. The van der Waals surface area contributed by atoms with Crippen molar-refractivity contribution in [1.82, 2.24) is 0 Å². The summed E-state index contributed by atoms with van der Waals surface area (Å²) >= 11 is 0. The van der Waals surface area contributed by atoms with E-state index in [1.165, 1.54) is 51.4 Å². The lowest BCUT2D eigenvalue weighted by Gasteiger charge is -2.28. The highest BCUT2D eigenvalue weighted by molar-refractivity contribution is 7.45. The number of carbonyl (C=O) groups excluding carboxylic acids is 2. The van der Waals surface area contributed by atoms with Crippen LogP contribution in [0.25, 0.3) is 0 Å². The monoisotopic (exact) mass is 806 g/mol. The number of likely N-dealkylation sites (N-methyl/N-ethyl adjacent to an activating group) is 1. The van der Waals surface area contributed by atoms with Gasteiger partial charge in [-0.25, -0.2) is 0 Å². The normalized spacial score (nSPS) is 14.3. The summed E-state index contributed by atoms with van der Waals surface area (Å²) in [6.07, 6.45) is 46.5. The first kappa shape index (κ1) is 53.5. The fourth-order valence-electron chi connectivity index (χ4n) is 5.26. The number of ether oxygens (including phenoxy) is 2. The molecule has 0 N–H and O–H groups in total. The summed E-state index contributed by atoms with van der Waals surface area (Å²) in [5, 5.41) is 0. The first-order valence-electron chi connectivity index (χ1n) is 21.6. The Hall–Kier alpha value is -2.55. The molecule has 2 atom stereocenters. The zero-order valence-corrected chi connectivity index (χ0v) is 36.9. The van der Waals surface area contributed by atoms with Crippen molar-refractivity contribution in [3.8, 4) is 0 Å². The molecule has 0 saturated heterocycles. The minimum atomic E-state index is -4.65. The Labute approximate surface area is 342 Å². The Balaban J connectivity index is 4.52. The predicted octanol–water partition coefficient (Wildman–Crippen LogP) is 11.6. The van der Waals surface area contributed by atoms with Gasteiger partial charge in [0, 0.05) is 12.8 Å². The van der Waals surface area contributed by atoms with Crippen LogP contribution in [-0.4, -0.2) is 70.0 Å². The summed E-state index contributed by atoms with van der Waals surface area (Å²) in [6, 6.07) is 0. The first-order chi connectivity index (χ1) is 27.0. The van der Waals surface area contributed by atoms with Crippen molar-refractivity contribution in [3.05, 3.63) is 72.9 Å². The Morgan fingerprint density at radius 3 is 1.48 bits per heavy atom. The van der Waals surface area contributed by atoms with Gasteiger partial charge in [0.2, 0.25) is 0 Å². The van der Waals surface area contributed by atoms with Crippen LogP contribution in [0.3, 0.4) is 0 Å². The minimum absolute atomic E-state index is 0.0469. The maximum absolute atomic E-state index is 12.6. The quantitative estimate of drug-likeness (QED) is 0.0199. The molecule has 0 aliphatic carbocycles. The van der Waals surface area contributed by atoms with E-state index >= 15 is 0 Å². The van der Waals surface area contributed by atoms with Crippen LogP contribution >= 0.6 is 7.82 Å². The summed E-state index contributed by atoms with van der Waals surface area (Å²) in [5.74, 6) is -0.923. The Kier molecular flexibility index (Phi) is 36.3. The van der Waals surface area contributed by atoms with E-state index in [1.807, 2.05) is 27.2 Å². The fraction of sp³-hybridized carbons (Fsp3) is 0.696. The molecule has 0 aromatic rings. The zero-order chi connectivity index (χ0) is 41.4. The van der Waals surface area contributed by atoms with Crippen LogP contribution in [0, 0.1) is 0 Å². The van der Waals surface area contributed by atoms with Crippen LogP contribution in [0.5, 0.6) is 0 Å². The minimum Gasteiger partial charge on any atom is -0.756 e. The third kappa shape index (κ3) is 41.1. The average Bonchev–Trinajstić information content (AvgIpc) is 3.15. The third-order valence-corrected chi connectivity index (χ3v) is 9.66. The van der Waals surface area contributed by atoms with Crippen molar-refractivity contribution in [2.24, 2.45) is 0 Å². The number of hydrogen-bond acceptors (Lipinski definition) is 8. The molecule has 10 heteroatoms. The van der Waals surface area contributed by atoms with Gasteiger partial charge < -0.3 is 27.9 Å². The Morgan fingerprint density at radius 1 is 0.554 bits per heavy atom. The zero-order valence-electron chi connectivity index (χ0n) is 36.1. The number of nitrogens with zero attached hydrogens (tertiary/aromatic N) is 1. The van der Waals surface area contributed by atoms with E-state index in [2.05, 4.69) is 80.7 Å². The molecule has 0 amide bonds. The molecule has 0 aromatic heterocycles. The average molecular weight is 806 g/mol. The molecule has 0 bridgehead atoms. The molecule has 0 heterocycles. The number of phosphoric acid groups is 1. The van der Waals surface area contributed by atoms with Gasteiger partial charge in [0.15, 0.2) is 6.10 Å². The predicted molar refractivity (Wildman–Crippen MR) is 231 cm³/mol. The molecule has 0 aromatic carbocycles. The second kappa shape index (κ2) is 38.0. The van der Waals surface area contributed by atoms with Gasteiger partial charge >= 0.3 is 11.9 Å². The van der Waals surface area contributed by atoms with Crippen molar-refractivity contribution in [2.45, 2.75) is 161 Å². The molecule has 1 unspecified atom stereocenters. The van der Waals surface area contributed by atoms with Crippen molar-refractivity contribution < 1.29 is 42.1 Å². The molecule has 322 valence electrons. The summed E-state index contributed by atoms with van der Waals surface area (Å²) in [6.45, 7) is 4.07. The van der Waals surface area contributed by atoms with Crippen molar-refractivity contribution >= 4 is 19.8 Å². The van der Waals surface area contributed by atoms with Gasteiger partial charge in [-0.3, -0.25) is 14.2 Å². The number of quaternary nitrogens is 1. The smallest absolute Gasteiger partial charge is 0.306 e. The lowest BCUT2D eigenvalue weighted by molar-refractivity contribution is -0.870. The van der Waals surface area contributed by atoms with E-state index in [0.29, 0.717) is 30.3 Å². The number of carbonyl (C=O) groups is 2. The number of phosphoric ester groups is 1. The topological polar surface area (TPSA) is 111 Å². The van der Waals surface area contributed by atoms with Gasteiger partial charge in [-0.15, -0.1) is 0 Å². The van der Waals surface area contributed by atoms with Crippen molar-refractivity contribution in [3.63, 3.8) is 0 Å². The largest absolute Gasteiger partial charge is 0.756 e. The number of hydrogen-bond donors (Lipinski definition) is 0. The van der Waals surface area contributed by atoms with Gasteiger partial charge in [0.1, 0.15) is 19.8 Å². The van der Waals surface area contributed by atoms with Crippen LogP contribution in [0.2, 0.25) is 0 Å². The highest BCUT2D eigenvalue weighted by Crippen LogP contribution is 2.38. The van der Waals surface area contributed by atoms with Crippen LogP contribution < -0.4 is 4.89 Å². The molecule has 56 heavy (non-hydrogen) atoms. The lowest BCUT2D eigenvalue weighted by Crippen LogP contribution is -2.37. The highest BCUT2D eigenvalue weighted by Gasteiger charge is 2.21. The van der Waals surface area contributed by atoms with E-state index in [9.17, 15) is 19.0 Å². The second-order valence-corrected chi connectivity index (χ2v) is 16.8. The maximum atomic E-state index is 12.6. The van der Waals surface area contributed by atoms with Gasteiger partial charge in [0.25, 0.3) is 7.82 Å². The maximum Gasteiger partial charge on any atom is 0.306 e. The summed E-state index contributed by atoms with van der Waals surface area (Å²) in [5.41, 5.74) is 0. The SMILES string of the molecule is CCCCC/C=C\C/C=C\C/C=C\C/C=C\CCCC(=O)O[C@H](COC(=O)CCCCCCC/C=C\C/C=C\CCCCC)COP(=O)([O-])OCC[N+](C)(C)C. The van der Waals surface area contributed by atoms with E-state index < -0.39 is 32.5 Å². The molecule has 9 nitrogen and oxygen atoms in total. The van der Waals surface area contributed by atoms with Crippen LogP contribution in [0.4, 0.5) is 0 Å². The summed E-state index contributed by atoms with van der Waals surface area (Å²) < 4.78 is 33.8. The van der Waals surface area contributed by atoms with Gasteiger partial charge in [-0.05, 0) is 83.5 Å². The van der Waals surface area contributed by atoms with E-state index in [4.69, 9.17) is 18.5 Å². The van der Waals surface area contributed by atoms with E-state index in [-0.39, 0.29) is 26.1 Å². The Morgan fingerprint density at radius 2 is 0.982 bits per heavy atom. The molecule has 0 fully saturated rings. The number of unbranched alkanes of at least 4 members (excludes halogenated alkanes) is 12. The molecule has 0 saturated carbocycles. The fourth-order valence-corrected chi connectivity index (χ4v) is 5.99. The number of rotatable bonds is 38. The van der Waals surface area contributed by atoms with Gasteiger partial charge in [-0.2, -0.15) is 0 Å². The van der Waals surface area contributed by atoms with Crippen LogP contribution in [0.1, 0.15) is 155 Å². The molecule has 0 radical (unpaired) electrons. The number of esters is 2. The second-order valence-electron chi connectivity index (χ2n) is 15.3. The first-order valence-corrected chi connectivity index (χ1v) is 23.1. The molecule has 0 aliphatic heterocycles. The van der Waals surface area contributed by atoms with Crippen molar-refractivity contribution in [1.29, 1.82) is 0 Å².